The van der Waals surface area contributed by atoms with E-state index in [0.717, 1.165) is 26.2 Å². The molecular weight excluding hydrogens is 256 g/mol. The number of benzene rings is 1. The lowest BCUT2D eigenvalue weighted by atomic mass is 10.0. The molecule has 0 radical (unpaired) electrons. The number of thiazole rings is 1. The van der Waals surface area contributed by atoms with Crippen molar-refractivity contribution in [1.82, 2.24) is 4.40 Å². The lowest BCUT2D eigenvalue weighted by molar-refractivity contribution is 1.01. The molecule has 0 amide bonds. The highest BCUT2D eigenvalue weighted by Crippen LogP contribution is 2.29. The third-order valence-corrected chi connectivity index (χ3v) is 4.63. The van der Waals surface area contributed by atoms with Crippen LogP contribution in [0.15, 0.2) is 29.1 Å². The minimum absolute atomic E-state index is 0.00597. The molecule has 0 aliphatic heterocycles. The van der Waals surface area contributed by atoms with Crippen LogP contribution in [0.5, 0.6) is 0 Å². The van der Waals surface area contributed by atoms with Crippen LogP contribution in [0.4, 0.5) is 0 Å². The summed E-state index contributed by atoms with van der Waals surface area (Å²) < 4.78 is 2.72. The Bertz CT molecular complexity index is 896. The van der Waals surface area contributed by atoms with Crippen LogP contribution in [0.1, 0.15) is 23.6 Å². The van der Waals surface area contributed by atoms with Crippen molar-refractivity contribution in [3.8, 4) is 6.07 Å². The second-order valence-electron chi connectivity index (χ2n) is 4.46. The quantitative estimate of drug-likeness (QED) is 0.680. The first-order chi connectivity index (χ1) is 9.19. The Morgan fingerprint density at radius 2 is 2.11 bits per heavy atom. The van der Waals surface area contributed by atoms with Crippen LogP contribution in [0.2, 0.25) is 0 Å². The third-order valence-electron chi connectivity index (χ3n) is 3.48. The molecule has 0 aliphatic rings. The molecule has 3 aromatic rings. The number of rotatable bonds is 1. The topological polar surface area (TPSA) is 45.3 Å². The number of pyridine rings is 1. The molecule has 0 saturated carbocycles. The second-order valence-corrected chi connectivity index (χ2v) is 5.49. The standard InChI is InChI=1S/C15H12N2OS/c1-3-10-9(2)11(8-16)15-17(14(10)18)12-6-4-5-7-13(12)19-15/h4-7H,3H2,1-2H3. The third kappa shape index (κ3) is 1.52. The van der Waals surface area contributed by atoms with E-state index in [2.05, 4.69) is 6.07 Å². The largest absolute Gasteiger partial charge is 0.269 e. The minimum atomic E-state index is 0.00597. The Kier molecular flexibility index (Phi) is 2.65. The van der Waals surface area contributed by atoms with E-state index in [1.165, 1.54) is 11.3 Å². The highest BCUT2D eigenvalue weighted by Gasteiger charge is 2.17. The van der Waals surface area contributed by atoms with Gasteiger partial charge < -0.3 is 0 Å². The molecule has 0 atom stereocenters. The highest BCUT2D eigenvalue weighted by atomic mass is 32.1. The van der Waals surface area contributed by atoms with Crippen molar-refractivity contribution >= 4 is 26.4 Å². The van der Waals surface area contributed by atoms with Gasteiger partial charge in [0.05, 0.1) is 15.8 Å². The Morgan fingerprint density at radius 3 is 2.79 bits per heavy atom. The molecule has 0 aliphatic carbocycles. The fraction of sp³-hybridized carbons (Fsp3) is 0.200. The lowest BCUT2D eigenvalue weighted by Gasteiger charge is -2.06. The van der Waals surface area contributed by atoms with E-state index in [-0.39, 0.29) is 5.56 Å². The van der Waals surface area contributed by atoms with Crippen molar-refractivity contribution < 1.29 is 0 Å². The van der Waals surface area contributed by atoms with Gasteiger partial charge in [-0.25, -0.2) is 0 Å². The Labute approximate surface area is 114 Å². The SMILES string of the molecule is CCc1c(C)c(C#N)c2sc3ccccc3n2c1=O. The maximum absolute atomic E-state index is 12.6. The monoisotopic (exact) mass is 268 g/mol. The van der Waals surface area contributed by atoms with Crippen LogP contribution in [-0.4, -0.2) is 4.40 Å². The average Bonchev–Trinajstić information content (AvgIpc) is 2.79. The van der Waals surface area contributed by atoms with E-state index in [1.807, 2.05) is 38.1 Å². The molecule has 3 rings (SSSR count). The van der Waals surface area contributed by atoms with Gasteiger partial charge >= 0.3 is 0 Å². The van der Waals surface area contributed by atoms with Gasteiger partial charge in [0.15, 0.2) is 0 Å². The zero-order valence-corrected chi connectivity index (χ0v) is 11.5. The summed E-state index contributed by atoms with van der Waals surface area (Å²) >= 11 is 1.50. The molecule has 2 aromatic heterocycles. The number of hydrogen-bond acceptors (Lipinski definition) is 3. The lowest BCUT2D eigenvalue weighted by Crippen LogP contribution is -2.19. The molecule has 94 valence electrons. The number of para-hydroxylation sites is 1. The van der Waals surface area contributed by atoms with E-state index in [1.54, 1.807) is 4.40 Å². The number of hydrogen-bond donors (Lipinski definition) is 0. The summed E-state index contributed by atoms with van der Waals surface area (Å²) in [6, 6.07) is 10.0. The summed E-state index contributed by atoms with van der Waals surface area (Å²) in [6.45, 7) is 3.81. The van der Waals surface area contributed by atoms with Gasteiger partial charge in [-0.3, -0.25) is 9.20 Å². The van der Waals surface area contributed by atoms with Gasteiger partial charge in [-0.15, -0.1) is 11.3 Å². The van der Waals surface area contributed by atoms with Crippen LogP contribution < -0.4 is 5.56 Å². The van der Waals surface area contributed by atoms with Crippen LogP contribution in [0.3, 0.4) is 0 Å². The molecule has 3 nitrogen and oxygen atoms in total. The molecule has 4 heteroatoms. The van der Waals surface area contributed by atoms with E-state index >= 15 is 0 Å². The van der Waals surface area contributed by atoms with Gasteiger partial charge in [0, 0.05) is 5.56 Å². The molecule has 1 aromatic carbocycles. The predicted octanol–water partition coefficient (Wildman–Crippen LogP) is 3.26. The van der Waals surface area contributed by atoms with E-state index in [4.69, 9.17) is 0 Å². The summed E-state index contributed by atoms with van der Waals surface area (Å²) in [6.07, 6.45) is 0.645. The zero-order valence-electron chi connectivity index (χ0n) is 10.7. The van der Waals surface area contributed by atoms with E-state index in [9.17, 15) is 10.1 Å². The van der Waals surface area contributed by atoms with Crippen molar-refractivity contribution in [2.24, 2.45) is 0 Å². The van der Waals surface area contributed by atoms with Crippen molar-refractivity contribution in [1.29, 1.82) is 5.26 Å². The van der Waals surface area contributed by atoms with Crippen LogP contribution in [-0.2, 0) is 6.42 Å². The molecular formula is C15H12N2OS. The smallest absolute Gasteiger partial charge is 0.259 e. The number of nitrogens with zero attached hydrogens (tertiary/aromatic N) is 2. The first-order valence-corrected chi connectivity index (χ1v) is 6.96. The van der Waals surface area contributed by atoms with Gasteiger partial charge in [0.2, 0.25) is 0 Å². The van der Waals surface area contributed by atoms with Crippen molar-refractivity contribution in [3.63, 3.8) is 0 Å². The average molecular weight is 268 g/mol. The van der Waals surface area contributed by atoms with E-state index < -0.39 is 0 Å². The molecule has 2 heterocycles. The molecule has 0 bridgehead atoms. The first-order valence-electron chi connectivity index (χ1n) is 6.14. The summed E-state index contributed by atoms with van der Waals surface area (Å²) in [5.74, 6) is 0. The Balaban J connectivity index is 2.69. The van der Waals surface area contributed by atoms with Crippen LogP contribution in [0.25, 0.3) is 15.0 Å². The highest BCUT2D eigenvalue weighted by molar-refractivity contribution is 7.24. The Morgan fingerprint density at radius 1 is 1.37 bits per heavy atom. The van der Waals surface area contributed by atoms with Gasteiger partial charge in [-0.05, 0) is 31.0 Å². The molecule has 0 fully saturated rings. The maximum Gasteiger partial charge on any atom is 0.259 e. The first kappa shape index (κ1) is 11.9. The van der Waals surface area contributed by atoms with E-state index in [0.29, 0.717) is 12.0 Å². The fourth-order valence-electron chi connectivity index (χ4n) is 2.51. The number of aromatic nitrogens is 1. The summed E-state index contributed by atoms with van der Waals surface area (Å²) in [4.78, 5) is 13.3. The number of fused-ring (bicyclic) bond motifs is 3. The predicted molar refractivity (Wildman–Crippen MR) is 77.9 cm³/mol. The van der Waals surface area contributed by atoms with Crippen LogP contribution >= 0.6 is 11.3 Å². The summed E-state index contributed by atoms with van der Waals surface area (Å²) in [5.41, 5.74) is 3.07. The van der Waals surface area contributed by atoms with Gasteiger partial charge in [-0.1, -0.05) is 19.1 Å². The zero-order chi connectivity index (χ0) is 13.6. The van der Waals surface area contributed by atoms with Gasteiger partial charge in [0.25, 0.3) is 5.56 Å². The summed E-state index contributed by atoms with van der Waals surface area (Å²) in [7, 11) is 0. The van der Waals surface area contributed by atoms with Crippen molar-refractivity contribution in [3.05, 3.63) is 51.3 Å². The minimum Gasteiger partial charge on any atom is -0.269 e. The molecule has 0 spiro atoms. The molecule has 0 unspecified atom stereocenters. The molecule has 19 heavy (non-hydrogen) atoms. The molecule has 0 N–H and O–H groups in total. The Hall–Kier alpha value is -2.12. The summed E-state index contributed by atoms with van der Waals surface area (Å²) in [5, 5.41) is 9.39. The second kappa shape index (κ2) is 4.22. The van der Waals surface area contributed by atoms with Crippen molar-refractivity contribution in [2.45, 2.75) is 20.3 Å². The number of nitriles is 1. The maximum atomic E-state index is 12.6. The normalized spacial score (nSPS) is 11.0. The fourth-order valence-corrected chi connectivity index (χ4v) is 3.70. The van der Waals surface area contributed by atoms with Gasteiger partial charge in [-0.2, -0.15) is 5.26 Å². The van der Waals surface area contributed by atoms with Crippen molar-refractivity contribution in [2.75, 3.05) is 0 Å². The van der Waals surface area contributed by atoms with Crippen LogP contribution in [0, 0.1) is 18.3 Å². The molecule has 0 saturated heterocycles. The van der Waals surface area contributed by atoms with Gasteiger partial charge in [0.1, 0.15) is 10.9 Å².